The molecule has 0 N–H and O–H groups in total. The Bertz CT molecular complexity index is 669. The third-order valence-electron chi connectivity index (χ3n) is 3.78. The van der Waals surface area contributed by atoms with Crippen LogP contribution in [0, 0.1) is 22.7 Å². The summed E-state index contributed by atoms with van der Waals surface area (Å²) in [4.78, 5) is 16.7. The highest BCUT2D eigenvalue weighted by atomic mass is 79.9. The van der Waals surface area contributed by atoms with E-state index in [2.05, 4.69) is 20.9 Å². The van der Waals surface area contributed by atoms with Crippen molar-refractivity contribution in [3.8, 4) is 6.07 Å². The van der Waals surface area contributed by atoms with E-state index in [-0.39, 0.29) is 18.6 Å². The topological polar surface area (TPSA) is 63.0 Å². The molecule has 20 heavy (non-hydrogen) atoms. The number of Topliss-reactive ketones (excluding diaryl/α,β-unsaturated/α-hetero) is 1. The average Bonchev–Trinajstić information content (AvgIpc) is 2.40. The van der Waals surface area contributed by atoms with Crippen molar-refractivity contribution in [1.29, 1.82) is 5.26 Å². The molecule has 1 aromatic rings. The first-order valence-corrected chi connectivity index (χ1v) is 7.06. The fourth-order valence-corrected chi connectivity index (χ4v) is 3.20. The van der Waals surface area contributed by atoms with Crippen LogP contribution < -0.4 is 0 Å². The number of methoxy groups -OCH3 is 1. The van der Waals surface area contributed by atoms with Gasteiger partial charge in [-0.05, 0) is 34.5 Å². The summed E-state index contributed by atoms with van der Waals surface area (Å²) in [7, 11) is -2.67. The zero-order valence-corrected chi connectivity index (χ0v) is 12.9. The van der Waals surface area contributed by atoms with E-state index in [1.807, 2.05) is 6.07 Å². The maximum Gasteiger partial charge on any atom is 0.155 e. The Kier molecular flexibility index (Phi) is 3.01. The molecule has 0 saturated heterocycles. The number of carbonyl (C=O) groups is 1. The number of rotatable bonds is 2. The van der Waals surface area contributed by atoms with E-state index < -0.39 is 24.0 Å². The average molecular weight is 340 g/mol. The van der Waals surface area contributed by atoms with Gasteiger partial charge in [0, 0.05) is 18.9 Å². The Morgan fingerprint density at radius 2 is 2.35 bits per heavy atom. The van der Waals surface area contributed by atoms with Gasteiger partial charge in [-0.3, -0.25) is 4.79 Å². The minimum atomic E-state index is -2.67. The van der Waals surface area contributed by atoms with Gasteiger partial charge in [0.1, 0.15) is 16.1 Å². The lowest BCUT2D eigenvalue weighted by atomic mass is 9.63. The van der Waals surface area contributed by atoms with Crippen LogP contribution in [0.15, 0.2) is 22.8 Å². The first-order valence-electron chi connectivity index (χ1n) is 7.76. The van der Waals surface area contributed by atoms with Gasteiger partial charge in [0.15, 0.2) is 5.78 Å². The number of carbonyl (C=O) groups excluding carboxylic acids is 1. The Morgan fingerprint density at radius 3 is 2.95 bits per heavy atom. The summed E-state index contributed by atoms with van der Waals surface area (Å²) in [5.41, 5.74) is -1.79. The molecule has 1 heterocycles. The molecule has 0 spiro atoms. The summed E-state index contributed by atoms with van der Waals surface area (Å²) in [5.74, 6) is -1.12. The molecule has 1 fully saturated rings. The number of ketones is 1. The summed E-state index contributed by atoms with van der Waals surface area (Å²) in [5, 5.41) is 9.33. The van der Waals surface area contributed by atoms with E-state index in [9.17, 15) is 10.1 Å². The normalized spacial score (nSPS) is 31.8. The lowest BCUT2D eigenvalue weighted by Crippen LogP contribution is -2.48. The number of hydrogen-bond acceptors (Lipinski definition) is 4. The molecule has 4 nitrogen and oxygen atoms in total. The Balaban J connectivity index is 2.59. The summed E-state index contributed by atoms with van der Waals surface area (Å²) in [6.45, 7) is 3.41. The predicted molar refractivity (Wildman–Crippen MR) is 77.7 cm³/mol. The SMILES string of the molecule is [2H]C([2H])([2H])OC1(c2cccc(Br)n2)CC(C#N)C(=O)C(C)(C)C1. The standard InChI is InChI=1S/C15H17BrN2O2/c1-14(2)9-15(20-3,7-10(8-17)13(14)19)11-5-4-6-12(16)18-11/h4-6,10H,7,9H2,1-3H3/i3D3. The number of nitriles is 1. The van der Waals surface area contributed by atoms with Crippen LogP contribution in [-0.2, 0) is 15.1 Å². The number of nitrogens with zero attached hydrogens (tertiary/aromatic N) is 2. The van der Waals surface area contributed by atoms with Crippen LogP contribution in [0.5, 0.6) is 0 Å². The van der Waals surface area contributed by atoms with Crippen molar-refractivity contribution < 1.29 is 13.6 Å². The van der Waals surface area contributed by atoms with Crippen molar-refractivity contribution in [2.75, 3.05) is 7.04 Å². The molecule has 0 aromatic carbocycles. The zero-order chi connectivity index (χ0) is 17.5. The first kappa shape index (κ1) is 11.4. The van der Waals surface area contributed by atoms with Gasteiger partial charge in [-0.15, -0.1) is 0 Å². The predicted octanol–water partition coefficient (Wildman–Crippen LogP) is 3.21. The van der Waals surface area contributed by atoms with Crippen molar-refractivity contribution >= 4 is 21.7 Å². The van der Waals surface area contributed by atoms with Crippen molar-refractivity contribution in [2.24, 2.45) is 11.3 Å². The van der Waals surface area contributed by atoms with Crippen LogP contribution in [0.1, 0.15) is 36.5 Å². The largest absolute Gasteiger partial charge is 0.372 e. The third-order valence-corrected chi connectivity index (χ3v) is 4.22. The van der Waals surface area contributed by atoms with Gasteiger partial charge in [0.2, 0.25) is 0 Å². The molecule has 1 saturated carbocycles. The molecule has 1 aliphatic carbocycles. The Labute approximate surface area is 131 Å². The Hall–Kier alpha value is -1.25. The fraction of sp³-hybridized carbons (Fsp3) is 0.533. The maximum atomic E-state index is 12.4. The minimum absolute atomic E-state index is 0.0202. The smallest absolute Gasteiger partial charge is 0.155 e. The summed E-state index contributed by atoms with van der Waals surface area (Å²) < 4.78 is 28.5. The molecular formula is C15H17BrN2O2. The lowest BCUT2D eigenvalue weighted by molar-refractivity contribution is -0.148. The Morgan fingerprint density at radius 1 is 1.60 bits per heavy atom. The third kappa shape index (κ3) is 2.50. The first-order chi connectivity index (χ1) is 10.5. The summed E-state index contributed by atoms with van der Waals surface area (Å²) in [6, 6.07) is 7.08. The van der Waals surface area contributed by atoms with Gasteiger partial charge >= 0.3 is 0 Å². The van der Waals surface area contributed by atoms with Crippen molar-refractivity contribution in [3.05, 3.63) is 28.5 Å². The molecule has 2 rings (SSSR count). The van der Waals surface area contributed by atoms with E-state index in [4.69, 9.17) is 8.85 Å². The van der Waals surface area contributed by atoms with Crippen LogP contribution in [0.2, 0.25) is 0 Å². The molecule has 2 atom stereocenters. The maximum absolute atomic E-state index is 12.4. The second kappa shape index (κ2) is 5.27. The highest BCUT2D eigenvalue weighted by molar-refractivity contribution is 9.10. The number of aromatic nitrogens is 1. The molecule has 106 valence electrons. The highest BCUT2D eigenvalue weighted by Crippen LogP contribution is 2.48. The van der Waals surface area contributed by atoms with Crippen LogP contribution >= 0.6 is 15.9 Å². The molecule has 1 aromatic heterocycles. The van der Waals surface area contributed by atoms with Crippen LogP contribution in [0.3, 0.4) is 0 Å². The number of halogens is 1. The summed E-state index contributed by atoms with van der Waals surface area (Å²) >= 11 is 3.27. The molecule has 5 heteroatoms. The quantitative estimate of drug-likeness (QED) is 0.776. The van der Waals surface area contributed by atoms with Crippen LogP contribution in [-0.4, -0.2) is 17.8 Å². The summed E-state index contributed by atoms with van der Waals surface area (Å²) in [6.07, 6.45) is 0.131. The van der Waals surface area contributed by atoms with E-state index in [1.54, 1.807) is 32.0 Å². The van der Waals surface area contributed by atoms with Gasteiger partial charge in [0.05, 0.1) is 15.9 Å². The monoisotopic (exact) mass is 339 g/mol. The molecule has 0 radical (unpaired) electrons. The van der Waals surface area contributed by atoms with Gasteiger partial charge < -0.3 is 4.74 Å². The van der Waals surface area contributed by atoms with Gasteiger partial charge in [-0.1, -0.05) is 19.9 Å². The van der Waals surface area contributed by atoms with Crippen molar-refractivity contribution in [3.63, 3.8) is 0 Å². The van der Waals surface area contributed by atoms with E-state index in [1.165, 1.54) is 0 Å². The van der Waals surface area contributed by atoms with Gasteiger partial charge in [-0.25, -0.2) is 4.98 Å². The number of hydrogen-bond donors (Lipinski definition) is 0. The molecular weight excluding hydrogens is 320 g/mol. The van der Waals surface area contributed by atoms with Gasteiger partial charge in [-0.2, -0.15) is 5.26 Å². The minimum Gasteiger partial charge on any atom is -0.372 e. The molecule has 0 aliphatic heterocycles. The second-order valence-electron chi connectivity index (χ2n) is 5.75. The lowest BCUT2D eigenvalue weighted by Gasteiger charge is -2.44. The fourth-order valence-electron chi connectivity index (χ4n) is 2.86. The molecule has 1 aliphatic rings. The van der Waals surface area contributed by atoms with E-state index in [0.717, 1.165) is 0 Å². The van der Waals surface area contributed by atoms with Gasteiger partial charge in [0.25, 0.3) is 0 Å². The molecule has 0 amide bonds. The number of ether oxygens (including phenoxy) is 1. The van der Waals surface area contributed by atoms with Crippen molar-refractivity contribution in [2.45, 2.75) is 32.3 Å². The van der Waals surface area contributed by atoms with Crippen LogP contribution in [0.4, 0.5) is 0 Å². The molecule has 2 unspecified atom stereocenters. The van der Waals surface area contributed by atoms with Crippen LogP contribution in [0.25, 0.3) is 0 Å². The molecule has 0 bridgehead atoms. The second-order valence-corrected chi connectivity index (χ2v) is 6.57. The number of pyridine rings is 1. The van der Waals surface area contributed by atoms with Crippen molar-refractivity contribution in [1.82, 2.24) is 4.98 Å². The van der Waals surface area contributed by atoms with E-state index >= 15 is 0 Å². The highest BCUT2D eigenvalue weighted by Gasteiger charge is 2.51. The van der Waals surface area contributed by atoms with E-state index in [0.29, 0.717) is 10.3 Å². The zero-order valence-electron chi connectivity index (χ0n) is 14.3.